The van der Waals surface area contributed by atoms with Crippen LogP contribution >= 0.6 is 0 Å². The predicted octanol–water partition coefficient (Wildman–Crippen LogP) is 0.150. The number of hydrogen-bond acceptors (Lipinski definition) is 4. The first-order valence-electron chi connectivity index (χ1n) is 5.84. The summed E-state index contributed by atoms with van der Waals surface area (Å²) < 4.78 is 4.85. The summed E-state index contributed by atoms with van der Waals surface area (Å²) in [6.45, 7) is 5.21. The number of ether oxygens (including phenoxy) is 1. The molecule has 0 aliphatic heterocycles. The third-order valence-corrected chi connectivity index (χ3v) is 2.44. The number of nitrogens with one attached hydrogen (secondary N) is 1. The number of carbonyl (C=O) groups excluding carboxylic acids is 2. The van der Waals surface area contributed by atoms with Gasteiger partial charge in [-0.1, -0.05) is 6.92 Å². The molecule has 5 heteroatoms. The van der Waals surface area contributed by atoms with Gasteiger partial charge in [0.2, 0.25) is 5.91 Å². The van der Waals surface area contributed by atoms with Gasteiger partial charge in [-0.3, -0.25) is 9.59 Å². The fraction of sp³-hybridized carbons (Fsp3) is 0.818. The van der Waals surface area contributed by atoms with Gasteiger partial charge in [0.05, 0.1) is 13.2 Å². The Labute approximate surface area is 96.1 Å². The molecule has 5 nitrogen and oxygen atoms in total. The Kier molecular flexibility index (Phi) is 5.25. The molecule has 1 rings (SSSR count). The number of nitrogens with zero attached hydrogens (tertiary/aromatic N) is 1. The van der Waals surface area contributed by atoms with Gasteiger partial charge in [-0.25, -0.2) is 0 Å². The highest BCUT2D eigenvalue weighted by molar-refractivity contribution is 5.83. The monoisotopic (exact) mass is 228 g/mol. The molecule has 0 aromatic heterocycles. The summed E-state index contributed by atoms with van der Waals surface area (Å²) in [5, 5.41) is 2.97. The van der Waals surface area contributed by atoms with Crippen LogP contribution in [-0.2, 0) is 14.3 Å². The number of hydrogen-bond donors (Lipinski definition) is 1. The predicted molar refractivity (Wildman–Crippen MR) is 59.9 cm³/mol. The van der Waals surface area contributed by atoms with E-state index >= 15 is 0 Å². The fourth-order valence-electron chi connectivity index (χ4n) is 1.49. The van der Waals surface area contributed by atoms with E-state index in [9.17, 15) is 9.59 Å². The number of carbonyl (C=O) groups is 2. The quantitative estimate of drug-likeness (QED) is 0.630. The van der Waals surface area contributed by atoms with Crippen LogP contribution in [0.2, 0.25) is 0 Å². The van der Waals surface area contributed by atoms with Crippen molar-refractivity contribution in [2.45, 2.75) is 32.7 Å². The van der Waals surface area contributed by atoms with Crippen LogP contribution in [-0.4, -0.2) is 49.1 Å². The highest BCUT2D eigenvalue weighted by atomic mass is 16.5. The minimum absolute atomic E-state index is 0.0163. The van der Waals surface area contributed by atoms with E-state index in [0.29, 0.717) is 13.2 Å². The molecule has 0 saturated heterocycles. The van der Waals surface area contributed by atoms with Crippen molar-refractivity contribution in [3.05, 3.63) is 0 Å². The van der Waals surface area contributed by atoms with E-state index in [-0.39, 0.29) is 24.5 Å². The van der Waals surface area contributed by atoms with Gasteiger partial charge >= 0.3 is 5.97 Å². The molecule has 0 radical (unpaired) electrons. The molecule has 0 atom stereocenters. The fourth-order valence-corrected chi connectivity index (χ4v) is 1.49. The number of likely N-dealkylation sites (N-methyl/N-ethyl adjacent to an activating group) is 1. The Morgan fingerprint density at radius 3 is 2.56 bits per heavy atom. The molecule has 0 spiro atoms. The zero-order valence-corrected chi connectivity index (χ0v) is 9.99. The zero-order valence-electron chi connectivity index (χ0n) is 9.99. The maximum Gasteiger partial charge on any atom is 0.325 e. The second kappa shape index (κ2) is 6.48. The molecule has 0 bridgehead atoms. The Bertz CT molecular complexity index is 252. The van der Waals surface area contributed by atoms with Gasteiger partial charge in [0.15, 0.2) is 0 Å². The van der Waals surface area contributed by atoms with Gasteiger partial charge in [-0.2, -0.15) is 0 Å². The van der Waals surface area contributed by atoms with Crippen LogP contribution < -0.4 is 5.32 Å². The van der Waals surface area contributed by atoms with E-state index in [4.69, 9.17) is 4.74 Å². The summed E-state index contributed by atoms with van der Waals surface area (Å²) in [5.41, 5.74) is 0. The summed E-state index contributed by atoms with van der Waals surface area (Å²) in [4.78, 5) is 24.7. The Morgan fingerprint density at radius 2 is 2.06 bits per heavy atom. The Balaban J connectivity index is 2.40. The van der Waals surface area contributed by atoms with E-state index in [2.05, 4.69) is 5.32 Å². The molecule has 1 aliphatic rings. The van der Waals surface area contributed by atoms with Crippen molar-refractivity contribution in [1.29, 1.82) is 0 Å². The first kappa shape index (κ1) is 13.0. The molecule has 0 heterocycles. The topological polar surface area (TPSA) is 58.6 Å². The van der Waals surface area contributed by atoms with Crippen LogP contribution in [0.5, 0.6) is 0 Å². The summed E-state index contributed by atoms with van der Waals surface area (Å²) in [5.74, 6) is -0.336. The average molecular weight is 228 g/mol. The van der Waals surface area contributed by atoms with Gasteiger partial charge in [-0.15, -0.1) is 0 Å². The Hall–Kier alpha value is -1.10. The van der Waals surface area contributed by atoms with E-state index in [1.807, 2.05) is 6.92 Å². The highest BCUT2D eigenvalue weighted by Crippen LogP contribution is 2.26. The third kappa shape index (κ3) is 4.18. The summed E-state index contributed by atoms with van der Waals surface area (Å²) in [6.07, 6.45) is 1.99. The lowest BCUT2D eigenvalue weighted by Gasteiger charge is -2.21. The van der Waals surface area contributed by atoms with Gasteiger partial charge < -0.3 is 15.0 Å². The van der Waals surface area contributed by atoms with Crippen LogP contribution in [0.4, 0.5) is 0 Å². The smallest absolute Gasteiger partial charge is 0.325 e. The maximum absolute atomic E-state index is 11.8. The lowest BCUT2D eigenvalue weighted by Crippen LogP contribution is -2.42. The Morgan fingerprint density at radius 1 is 1.38 bits per heavy atom. The number of rotatable bonds is 7. The van der Waals surface area contributed by atoms with Crippen molar-refractivity contribution in [2.24, 2.45) is 0 Å². The van der Waals surface area contributed by atoms with Crippen LogP contribution in [0.15, 0.2) is 0 Å². The number of amides is 1. The van der Waals surface area contributed by atoms with Crippen molar-refractivity contribution in [3.8, 4) is 0 Å². The summed E-state index contributed by atoms with van der Waals surface area (Å²) >= 11 is 0. The molecule has 1 saturated carbocycles. The molecule has 0 aromatic rings. The zero-order chi connectivity index (χ0) is 12.0. The standard InChI is InChI=1S/C11H20N2O3/c1-3-12-7-10(14)13(9-5-6-9)8-11(15)16-4-2/h9,12H,3-8H2,1-2H3. The minimum Gasteiger partial charge on any atom is -0.465 e. The lowest BCUT2D eigenvalue weighted by atomic mass is 10.4. The summed E-state index contributed by atoms with van der Waals surface area (Å²) in [6, 6.07) is 0.246. The van der Waals surface area contributed by atoms with E-state index in [1.165, 1.54) is 0 Å². The second-order valence-electron chi connectivity index (χ2n) is 3.84. The third-order valence-electron chi connectivity index (χ3n) is 2.44. The first-order valence-corrected chi connectivity index (χ1v) is 5.84. The molecule has 0 aromatic carbocycles. The largest absolute Gasteiger partial charge is 0.465 e. The van der Waals surface area contributed by atoms with Crippen molar-refractivity contribution in [1.82, 2.24) is 10.2 Å². The van der Waals surface area contributed by atoms with E-state index in [0.717, 1.165) is 19.4 Å². The average Bonchev–Trinajstić information content (AvgIpc) is 3.06. The van der Waals surface area contributed by atoms with E-state index in [1.54, 1.807) is 11.8 Å². The molecule has 0 unspecified atom stereocenters. The molecule has 1 N–H and O–H groups in total. The summed E-state index contributed by atoms with van der Waals surface area (Å²) in [7, 11) is 0. The van der Waals surface area contributed by atoms with Crippen molar-refractivity contribution < 1.29 is 14.3 Å². The SMILES string of the molecule is CCNCC(=O)N(CC(=O)OCC)C1CC1. The normalized spacial score (nSPS) is 14.6. The van der Waals surface area contributed by atoms with Crippen LogP contribution in [0.25, 0.3) is 0 Å². The highest BCUT2D eigenvalue weighted by Gasteiger charge is 2.33. The van der Waals surface area contributed by atoms with Crippen LogP contribution in [0.3, 0.4) is 0 Å². The lowest BCUT2D eigenvalue weighted by molar-refractivity contribution is -0.149. The molecule has 16 heavy (non-hydrogen) atoms. The molecular formula is C11H20N2O3. The van der Waals surface area contributed by atoms with Gasteiger partial charge in [0.1, 0.15) is 6.54 Å². The maximum atomic E-state index is 11.8. The van der Waals surface area contributed by atoms with Crippen LogP contribution in [0.1, 0.15) is 26.7 Å². The van der Waals surface area contributed by atoms with Crippen molar-refractivity contribution in [2.75, 3.05) is 26.2 Å². The molecular weight excluding hydrogens is 208 g/mol. The molecule has 1 aliphatic carbocycles. The molecule has 92 valence electrons. The number of esters is 1. The first-order chi connectivity index (χ1) is 7.69. The van der Waals surface area contributed by atoms with Gasteiger partial charge in [0.25, 0.3) is 0 Å². The van der Waals surface area contributed by atoms with Gasteiger partial charge in [0, 0.05) is 6.04 Å². The van der Waals surface area contributed by atoms with Crippen LogP contribution in [0, 0.1) is 0 Å². The van der Waals surface area contributed by atoms with Crippen molar-refractivity contribution in [3.63, 3.8) is 0 Å². The van der Waals surface area contributed by atoms with Crippen molar-refractivity contribution >= 4 is 11.9 Å². The minimum atomic E-state index is -0.320. The second-order valence-corrected chi connectivity index (χ2v) is 3.84. The molecule has 1 fully saturated rings. The van der Waals surface area contributed by atoms with E-state index < -0.39 is 0 Å². The van der Waals surface area contributed by atoms with Gasteiger partial charge in [-0.05, 0) is 26.3 Å². The molecule has 1 amide bonds.